The summed E-state index contributed by atoms with van der Waals surface area (Å²) >= 11 is 0. The second-order valence-electron chi connectivity index (χ2n) is 6.83. The van der Waals surface area contributed by atoms with Gasteiger partial charge in [-0.1, -0.05) is 43.2 Å². The summed E-state index contributed by atoms with van der Waals surface area (Å²) < 4.78 is 4.90. The van der Waals surface area contributed by atoms with E-state index in [9.17, 15) is 9.59 Å². The number of amides is 1. The van der Waals surface area contributed by atoms with E-state index < -0.39 is 5.97 Å². The first kappa shape index (κ1) is 18.4. The normalized spacial score (nSPS) is 18.3. The molecule has 5 nitrogen and oxygen atoms in total. The summed E-state index contributed by atoms with van der Waals surface area (Å²) in [5, 5.41) is 2.93. The zero-order valence-corrected chi connectivity index (χ0v) is 15.3. The van der Waals surface area contributed by atoms with Crippen LogP contribution in [0.5, 0.6) is 0 Å². The molecular formula is C21H26N2O3. The molecule has 0 saturated carbocycles. The van der Waals surface area contributed by atoms with Gasteiger partial charge in [-0.25, -0.2) is 4.79 Å². The first-order valence-corrected chi connectivity index (χ1v) is 9.27. The highest BCUT2D eigenvalue weighted by molar-refractivity contribution is 5.97. The van der Waals surface area contributed by atoms with Crippen LogP contribution in [-0.4, -0.2) is 43.5 Å². The van der Waals surface area contributed by atoms with Crippen molar-refractivity contribution < 1.29 is 14.3 Å². The molecule has 0 spiro atoms. The van der Waals surface area contributed by atoms with E-state index >= 15 is 0 Å². The number of nitrogens with one attached hydrogen (secondary N) is 1. The third-order valence-corrected chi connectivity index (χ3v) is 4.93. The highest BCUT2D eigenvalue weighted by atomic mass is 16.5. The molecule has 1 amide bonds. The first-order chi connectivity index (χ1) is 12.7. The summed E-state index contributed by atoms with van der Waals surface area (Å²) in [5.41, 5.74) is 3.13. The summed E-state index contributed by atoms with van der Waals surface area (Å²) in [7, 11) is 1.37. The zero-order chi connectivity index (χ0) is 18.4. The maximum Gasteiger partial charge on any atom is 0.336 e. The number of esters is 1. The van der Waals surface area contributed by atoms with Gasteiger partial charge in [-0.2, -0.15) is 0 Å². The molecule has 138 valence electrons. The topological polar surface area (TPSA) is 58.6 Å². The molecule has 0 aromatic heterocycles. The van der Waals surface area contributed by atoms with Crippen molar-refractivity contribution in [3.8, 4) is 0 Å². The average molecular weight is 354 g/mol. The van der Waals surface area contributed by atoms with E-state index in [1.54, 1.807) is 0 Å². The van der Waals surface area contributed by atoms with Crippen molar-refractivity contribution in [2.45, 2.75) is 32.1 Å². The monoisotopic (exact) mass is 354 g/mol. The zero-order valence-electron chi connectivity index (χ0n) is 15.3. The Balaban J connectivity index is 1.71. The first-order valence-electron chi connectivity index (χ1n) is 9.27. The van der Waals surface area contributed by atoms with Gasteiger partial charge in [0.05, 0.1) is 24.9 Å². The van der Waals surface area contributed by atoms with Gasteiger partial charge in [0.15, 0.2) is 0 Å². The maximum atomic E-state index is 12.5. The van der Waals surface area contributed by atoms with Gasteiger partial charge in [-0.15, -0.1) is 0 Å². The van der Waals surface area contributed by atoms with E-state index in [1.165, 1.54) is 20.0 Å². The number of rotatable bonds is 5. The second kappa shape index (κ2) is 8.81. The Kier molecular flexibility index (Phi) is 6.23. The van der Waals surface area contributed by atoms with Gasteiger partial charge in [0.2, 0.25) is 5.91 Å². The number of hydrogen-bond donors (Lipinski definition) is 1. The van der Waals surface area contributed by atoms with E-state index in [0.717, 1.165) is 37.1 Å². The minimum atomic E-state index is -0.391. The fourth-order valence-electron chi connectivity index (χ4n) is 3.54. The molecule has 1 aromatic rings. The second-order valence-corrected chi connectivity index (χ2v) is 6.83. The van der Waals surface area contributed by atoms with Crippen LogP contribution in [0, 0.1) is 0 Å². The summed E-state index contributed by atoms with van der Waals surface area (Å²) in [6.45, 7) is 2.29. The Labute approximate surface area is 154 Å². The molecule has 2 aliphatic rings. The largest absolute Gasteiger partial charge is 0.466 e. The van der Waals surface area contributed by atoms with Crippen molar-refractivity contribution in [3.05, 3.63) is 53.2 Å². The molecule has 1 saturated heterocycles. The molecule has 5 heteroatoms. The Hall–Kier alpha value is -2.40. The van der Waals surface area contributed by atoms with Gasteiger partial charge >= 0.3 is 5.97 Å². The van der Waals surface area contributed by atoms with Crippen LogP contribution in [0.3, 0.4) is 0 Å². The van der Waals surface area contributed by atoms with Gasteiger partial charge in [0, 0.05) is 6.42 Å². The number of likely N-dealkylation sites (tertiary alicyclic amines) is 1. The van der Waals surface area contributed by atoms with Crippen molar-refractivity contribution in [1.82, 2.24) is 10.2 Å². The van der Waals surface area contributed by atoms with Crippen molar-refractivity contribution in [2.75, 3.05) is 26.7 Å². The van der Waals surface area contributed by atoms with Gasteiger partial charge in [-0.3, -0.25) is 9.69 Å². The van der Waals surface area contributed by atoms with Gasteiger partial charge < -0.3 is 10.1 Å². The lowest BCUT2D eigenvalue weighted by Gasteiger charge is -2.19. The molecule has 1 N–H and O–H groups in total. The molecule has 1 aromatic carbocycles. The fourth-order valence-corrected chi connectivity index (χ4v) is 3.54. The predicted octanol–water partition coefficient (Wildman–Crippen LogP) is 2.89. The number of ether oxygens (including phenoxy) is 1. The van der Waals surface area contributed by atoms with Crippen molar-refractivity contribution in [3.63, 3.8) is 0 Å². The van der Waals surface area contributed by atoms with E-state index in [-0.39, 0.29) is 5.91 Å². The molecule has 1 aliphatic carbocycles. The number of benzene rings is 1. The molecule has 1 heterocycles. The van der Waals surface area contributed by atoms with Crippen LogP contribution >= 0.6 is 0 Å². The van der Waals surface area contributed by atoms with Crippen LogP contribution in [-0.2, 0) is 14.3 Å². The molecule has 1 fully saturated rings. The van der Waals surface area contributed by atoms with E-state index in [1.807, 2.05) is 36.4 Å². The summed E-state index contributed by atoms with van der Waals surface area (Å²) in [5.74, 6) is -0.467. The lowest BCUT2D eigenvalue weighted by molar-refractivity contribution is -0.136. The van der Waals surface area contributed by atoms with E-state index in [2.05, 4.69) is 10.2 Å². The van der Waals surface area contributed by atoms with Crippen LogP contribution in [0.1, 0.15) is 37.7 Å². The predicted molar refractivity (Wildman–Crippen MR) is 101 cm³/mol. The minimum Gasteiger partial charge on any atom is -0.466 e. The molecule has 0 radical (unpaired) electrons. The van der Waals surface area contributed by atoms with Crippen LogP contribution < -0.4 is 5.32 Å². The summed E-state index contributed by atoms with van der Waals surface area (Å²) in [4.78, 5) is 26.8. The number of nitrogens with zero attached hydrogens (tertiary/aromatic N) is 1. The highest BCUT2D eigenvalue weighted by Crippen LogP contribution is 2.32. The smallest absolute Gasteiger partial charge is 0.336 e. The minimum absolute atomic E-state index is 0.0751. The molecule has 0 bridgehead atoms. The number of carbonyl (C=O) groups is 2. The SMILES string of the molecule is COC(=O)C1=C(NC(=O)CN2CCCCCC2)C=C(c2ccccc2)C1. The van der Waals surface area contributed by atoms with Crippen LogP contribution in [0.2, 0.25) is 0 Å². The Morgan fingerprint density at radius 1 is 1.08 bits per heavy atom. The molecule has 26 heavy (non-hydrogen) atoms. The maximum absolute atomic E-state index is 12.5. The van der Waals surface area contributed by atoms with Crippen LogP contribution in [0.4, 0.5) is 0 Å². The third-order valence-electron chi connectivity index (χ3n) is 4.93. The lowest BCUT2D eigenvalue weighted by atomic mass is 10.0. The van der Waals surface area contributed by atoms with Crippen molar-refractivity contribution in [1.29, 1.82) is 0 Å². The number of hydrogen-bond acceptors (Lipinski definition) is 4. The van der Waals surface area contributed by atoms with Crippen LogP contribution in [0.25, 0.3) is 5.57 Å². The van der Waals surface area contributed by atoms with Crippen LogP contribution in [0.15, 0.2) is 47.7 Å². The molecule has 1 aliphatic heterocycles. The molecule has 3 rings (SSSR count). The van der Waals surface area contributed by atoms with E-state index in [4.69, 9.17) is 4.74 Å². The number of carbonyl (C=O) groups excluding carboxylic acids is 2. The number of allylic oxidation sites excluding steroid dienone is 2. The van der Waals surface area contributed by atoms with Crippen molar-refractivity contribution >= 4 is 17.4 Å². The summed E-state index contributed by atoms with van der Waals surface area (Å²) in [6, 6.07) is 9.89. The number of methoxy groups -OCH3 is 1. The lowest BCUT2D eigenvalue weighted by Crippen LogP contribution is -2.37. The average Bonchev–Trinajstić information content (AvgIpc) is 2.90. The Bertz CT molecular complexity index is 714. The molecule has 0 unspecified atom stereocenters. The Morgan fingerprint density at radius 3 is 2.42 bits per heavy atom. The standard InChI is InChI=1S/C21H26N2O3/c1-26-21(25)18-13-17(16-9-5-4-6-10-16)14-19(18)22-20(24)15-23-11-7-2-3-8-12-23/h4-6,9-10,14H,2-3,7-8,11-13,15H2,1H3,(H,22,24). The highest BCUT2D eigenvalue weighted by Gasteiger charge is 2.25. The molecular weight excluding hydrogens is 328 g/mol. The van der Waals surface area contributed by atoms with Crippen molar-refractivity contribution in [2.24, 2.45) is 0 Å². The van der Waals surface area contributed by atoms with Gasteiger partial charge in [-0.05, 0) is 43.1 Å². The van der Waals surface area contributed by atoms with Gasteiger partial charge in [0.1, 0.15) is 0 Å². The summed E-state index contributed by atoms with van der Waals surface area (Å²) in [6.07, 6.45) is 7.11. The Morgan fingerprint density at radius 2 is 1.77 bits per heavy atom. The van der Waals surface area contributed by atoms with Gasteiger partial charge in [0.25, 0.3) is 0 Å². The molecule has 0 atom stereocenters. The third kappa shape index (κ3) is 4.61. The quantitative estimate of drug-likeness (QED) is 0.826. The fraction of sp³-hybridized carbons (Fsp3) is 0.429. The van der Waals surface area contributed by atoms with E-state index in [0.29, 0.717) is 24.2 Å².